The van der Waals surface area contributed by atoms with E-state index in [9.17, 15) is 4.79 Å². The zero-order valence-electron chi connectivity index (χ0n) is 21.5. The molecule has 34 heavy (non-hydrogen) atoms. The summed E-state index contributed by atoms with van der Waals surface area (Å²) in [6.45, 7) is 12.2. The van der Waals surface area contributed by atoms with Gasteiger partial charge < -0.3 is 14.4 Å². The Morgan fingerprint density at radius 3 is 2.47 bits per heavy atom. The lowest BCUT2D eigenvalue weighted by molar-refractivity contribution is 0.0648. The molecule has 0 radical (unpaired) electrons. The highest BCUT2D eigenvalue weighted by atomic mass is 16.5. The van der Waals surface area contributed by atoms with Crippen LogP contribution < -0.4 is 9.47 Å². The van der Waals surface area contributed by atoms with Crippen LogP contribution in [0.3, 0.4) is 0 Å². The third-order valence-electron chi connectivity index (χ3n) is 6.39. The molecule has 1 aliphatic rings. The number of aryl methyl sites for hydroxylation is 2. The Morgan fingerprint density at radius 1 is 1.12 bits per heavy atom. The number of hydrogen-bond acceptors (Lipinski definition) is 4. The number of rotatable bonds is 5. The summed E-state index contributed by atoms with van der Waals surface area (Å²) in [4.78, 5) is 15.4. The van der Waals surface area contributed by atoms with Crippen molar-refractivity contribution in [1.82, 2.24) is 14.7 Å². The van der Waals surface area contributed by atoms with Gasteiger partial charge in [0.25, 0.3) is 5.91 Å². The minimum absolute atomic E-state index is 0.00858. The van der Waals surface area contributed by atoms with Gasteiger partial charge in [0.15, 0.2) is 17.2 Å². The fourth-order valence-corrected chi connectivity index (χ4v) is 4.34. The molecule has 0 saturated heterocycles. The third-order valence-corrected chi connectivity index (χ3v) is 6.39. The molecule has 0 spiro atoms. The number of methoxy groups -OCH3 is 1. The number of carbonyl (C=O) groups excluding carboxylic acids is 1. The van der Waals surface area contributed by atoms with Crippen molar-refractivity contribution in [3.63, 3.8) is 0 Å². The van der Waals surface area contributed by atoms with Crippen LogP contribution in [0.15, 0.2) is 36.4 Å². The molecular weight excluding hydrogens is 426 g/mol. The maximum absolute atomic E-state index is 13.6. The predicted octanol–water partition coefficient (Wildman–Crippen LogP) is 5.61. The van der Waals surface area contributed by atoms with Gasteiger partial charge in [-0.15, -0.1) is 0 Å². The molecule has 1 heterocycles. The first-order valence-electron chi connectivity index (χ1n) is 11.9. The summed E-state index contributed by atoms with van der Waals surface area (Å²) in [6.07, 6.45) is 1.55. The van der Waals surface area contributed by atoms with E-state index in [1.54, 1.807) is 12.0 Å². The highest BCUT2D eigenvalue weighted by Gasteiger charge is 2.33. The van der Waals surface area contributed by atoms with E-state index in [1.807, 2.05) is 64.5 Å². The van der Waals surface area contributed by atoms with E-state index in [-0.39, 0.29) is 17.6 Å². The van der Waals surface area contributed by atoms with E-state index in [4.69, 9.17) is 14.6 Å². The molecule has 1 amide bonds. The van der Waals surface area contributed by atoms with Crippen LogP contribution in [0, 0.1) is 6.92 Å². The second kappa shape index (κ2) is 8.82. The van der Waals surface area contributed by atoms with Gasteiger partial charge in [-0.3, -0.25) is 4.79 Å². The van der Waals surface area contributed by atoms with Gasteiger partial charge in [0.1, 0.15) is 0 Å². The quantitative estimate of drug-likeness (QED) is 0.495. The van der Waals surface area contributed by atoms with Gasteiger partial charge in [-0.05, 0) is 89.8 Å². The van der Waals surface area contributed by atoms with Crippen molar-refractivity contribution in [3.05, 3.63) is 58.8 Å². The molecule has 0 saturated carbocycles. The highest BCUT2D eigenvalue weighted by molar-refractivity contribution is 5.97. The minimum atomic E-state index is -0.310. The summed E-state index contributed by atoms with van der Waals surface area (Å²) in [7, 11) is 3.51. The standard InChI is InChI=1S/C28H35N3O3/c1-17(2)34-24-16-22-19(15-23(24)33-8)12-13-21-25(27(32)30(7)28(4,5)6)29-31(26(21)22)20-11-9-10-18(3)14-20/h9-11,14-17H,12-13H2,1-8H3. The Labute approximate surface area is 202 Å². The molecule has 1 aliphatic carbocycles. The molecule has 4 rings (SSSR count). The first-order valence-corrected chi connectivity index (χ1v) is 11.9. The van der Waals surface area contributed by atoms with E-state index in [1.165, 1.54) is 0 Å². The van der Waals surface area contributed by atoms with Gasteiger partial charge >= 0.3 is 0 Å². The Hall–Kier alpha value is -3.28. The average molecular weight is 462 g/mol. The second-order valence-electron chi connectivity index (χ2n) is 10.3. The summed E-state index contributed by atoms with van der Waals surface area (Å²) in [6, 6.07) is 12.3. The maximum atomic E-state index is 13.6. The van der Waals surface area contributed by atoms with Gasteiger partial charge in [0, 0.05) is 23.7 Å². The lowest BCUT2D eigenvalue weighted by Gasteiger charge is -2.31. The van der Waals surface area contributed by atoms with E-state index in [0.29, 0.717) is 11.4 Å². The van der Waals surface area contributed by atoms with Crippen molar-refractivity contribution >= 4 is 5.91 Å². The van der Waals surface area contributed by atoms with Crippen molar-refractivity contribution < 1.29 is 14.3 Å². The van der Waals surface area contributed by atoms with Crippen molar-refractivity contribution in [2.75, 3.05) is 14.2 Å². The molecule has 0 aliphatic heterocycles. The topological polar surface area (TPSA) is 56.6 Å². The zero-order valence-corrected chi connectivity index (χ0v) is 21.5. The van der Waals surface area contributed by atoms with Crippen LogP contribution in [0.4, 0.5) is 0 Å². The van der Waals surface area contributed by atoms with E-state index in [0.717, 1.165) is 52.2 Å². The van der Waals surface area contributed by atoms with Gasteiger partial charge in [0.05, 0.1) is 24.6 Å². The van der Waals surface area contributed by atoms with Crippen LogP contribution >= 0.6 is 0 Å². The molecule has 0 fully saturated rings. The van der Waals surface area contributed by atoms with E-state index >= 15 is 0 Å². The van der Waals surface area contributed by atoms with Crippen molar-refractivity contribution in [2.45, 2.75) is 66.0 Å². The van der Waals surface area contributed by atoms with Crippen LogP contribution in [-0.4, -0.2) is 46.4 Å². The summed E-state index contributed by atoms with van der Waals surface area (Å²) < 4.78 is 13.7. The molecule has 1 aromatic heterocycles. The zero-order chi connectivity index (χ0) is 24.8. The molecule has 0 N–H and O–H groups in total. The molecule has 180 valence electrons. The summed E-state index contributed by atoms with van der Waals surface area (Å²) in [5.41, 5.74) is 6.41. The normalized spacial score (nSPS) is 12.9. The summed E-state index contributed by atoms with van der Waals surface area (Å²) in [5.74, 6) is 1.35. The number of benzene rings is 2. The smallest absolute Gasteiger partial charge is 0.274 e. The Kier molecular flexibility index (Phi) is 6.19. The number of hydrogen-bond donors (Lipinski definition) is 0. The fourth-order valence-electron chi connectivity index (χ4n) is 4.34. The highest BCUT2D eigenvalue weighted by Crippen LogP contribution is 2.43. The lowest BCUT2D eigenvalue weighted by Crippen LogP contribution is -2.43. The minimum Gasteiger partial charge on any atom is -0.493 e. The monoisotopic (exact) mass is 461 g/mol. The van der Waals surface area contributed by atoms with Crippen molar-refractivity contribution in [2.24, 2.45) is 0 Å². The van der Waals surface area contributed by atoms with Crippen molar-refractivity contribution in [1.29, 1.82) is 0 Å². The second-order valence-corrected chi connectivity index (χ2v) is 10.3. The van der Waals surface area contributed by atoms with Crippen LogP contribution in [0.1, 0.15) is 61.8 Å². The average Bonchev–Trinajstić information content (AvgIpc) is 3.16. The Morgan fingerprint density at radius 2 is 1.85 bits per heavy atom. The number of nitrogens with zero attached hydrogens (tertiary/aromatic N) is 3. The van der Waals surface area contributed by atoms with Crippen molar-refractivity contribution in [3.8, 4) is 28.4 Å². The van der Waals surface area contributed by atoms with Gasteiger partial charge in [-0.2, -0.15) is 5.10 Å². The Balaban J connectivity index is 1.98. The molecular formula is C28H35N3O3. The SMILES string of the molecule is COc1cc2c(cc1OC(C)C)-c1c(c(C(=O)N(C)C(C)(C)C)nn1-c1cccc(C)c1)CC2. The molecule has 6 heteroatoms. The third kappa shape index (κ3) is 4.29. The summed E-state index contributed by atoms with van der Waals surface area (Å²) >= 11 is 0. The number of carbonyl (C=O) groups is 1. The molecule has 0 unspecified atom stereocenters. The molecule has 0 atom stereocenters. The number of amides is 1. The first-order chi connectivity index (χ1) is 16.0. The predicted molar refractivity (Wildman–Crippen MR) is 135 cm³/mol. The fraction of sp³-hybridized carbons (Fsp3) is 0.429. The molecule has 2 aromatic carbocycles. The van der Waals surface area contributed by atoms with Gasteiger partial charge in [-0.25, -0.2) is 4.68 Å². The van der Waals surface area contributed by atoms with Gasteiger partial charge in [-0.1, -0.05) is 12.1 Å². The van der Waals surface area contributed by atoms with Crippen LogP contribution in [-0.2, 0) is 12.8 Å². The number of aromatic nitrogens is 2. The van der Waals surface area contributed by atoms with Crippen LogP contribution in [0.25, 0.3) is 16.9 Å². The largest absolute Gasteiger partial charge is 0.493 e. The molecule has 6 nitrogen and oxygen atoms in total. The van der Waals surface area contributed by atoms with Crippen LogP contribution in [0.5, 0.6) is 11.5 Å². The van der Waals surface area contributed by atoms with Gasteiger partial charge in [0.2, 0.25) is 0 Å². The first kappa shape index (κ1) is 23.9. The Bertz CT molecular complexity index is 1230. The number of ether oxygens (including phenoxy) is 2. The van der Waals surface area contributed by atoms with Crippen LogP contribution in [0.2, 0.25) is 0 Å². The molecule has 0 bridgehead atoms. The maximum Gasteiger partial charge on any atom is 0.274 e. The lowest BCUT2D eigenvalue weighted by atomic mass is 9.88. The van der Waals surface area contributed by atoms with E-state index < -0.39 is 0 Å². The molecule has 3 aromatic rings. The summed E-state index contributed by atoms with van der Waals surface area (Å²) in [5, 5.41) is 4.92. The van der Waals surface area contributed by atoms with E-state index in [2.05, 4.69) is 25.1 Å². The number of fused-ring (bicyclic) bond motifs is 3.